The van der Waals surface area contributed by atoms with Crippen molar-refractivity contribution in [3.05, 3.63) is 78.1 Å². The Morgan fingerprint density at radius 3 is 2.30 bits per heavy atom. The molecule has 0 spiro atoms. The SMILES string of the molecule is O=C(C[C@@H]1CCc2cc(C(O)(C(F)(F)F)C(F)(F)F)ccc2N1S(=O)(=O)c1ccc(F)cc1)N[C@H]1CCC[C@H]1n1ccnc1. The zero-order valence-electron chi connectivity index (χ0n) is 22.8. The summed E-state index contributed by atoms with van der Waals surface area (Å²) in [5.74, 6) is -1.25. The van der Waals surface area contributed by atoms with Crippen LogP contribution in [0.15, 0.2) is 66.1 Å². The number of nitrogens with one attached hydrogen (secondary N) is 1. The summed E-state index contributed by atoms with van der Waals surface area (Å²) >= 11 is 0. The normalized spacial score (nSPS) is 21.3. The topological polar surface area (TPSA) is 105 Å². The molecule has 2 aliphatic rings. The molecule has 238 valence electrons. The smallest absolute Gasteiger partial charge is 0.369 e. The molecule has 0 bridgehead atoms. The Labute approximate surface area is 247 Å². The summed E-state index contributed by atoms with van der Waals surface area (Å²) in [5, 5.41) is 12.8. The number of amides is 1. The van der Waals surface area contributed by atoms with Gasteiger partial charge in [-0.2, -0.15) is 26.3 Å². The van der Waals surface area contributed by atoms with E-state index in [0.29, 0.717) is 18.6 Å². The van der Waals surface area contributed by atoms with Gasteiger partial charge < -0.3 is 15.0 Å². The van der Waals surface area contributed by atoms with Crippen molar-refractivity contribution in [2.24, 2.45) is 0 Å². The Bertz CT molecular complexity index is 1600. The van der Waals surface area contributed by atoms with Gasteiger partial charge in [0.05, 0.1) is 29.0 Å². The highest BCUT2D eigenvalue weighted by atomic mass is 32.2. The van der Waals surface area contributed by atoms with Crippen LogP contribution in [0, 0.1) is 5.82 Å². The average Bonchev–Trinajstić information content (AvgIpc) is 3.63. The van der Waals surface area contributed by atoms with E-state index in [9.17, 15) is 49.1 Å². The third-order valence-corrected chi connectivity index (χ3v) is 10.0. The molecule has 3 aromatic rings. The molecular weight excluding hydrogens is 621 g/mol. The van der Waals surface area contributed by atoms with Gasteiger partial charge in [0.15, 0.2) is 0 Å². The third-order valence-electron chi connectivity index (χ3n) is 8.16. The molecule has 44 heavy (non-hydrogen) atoms. The molecule has 5 rings (SSSR count). The first-order valence-electron chi connectivity index (χ1n) is 13.6. The molecule has 2 aromatic carbocycles. The molecule has 2 N–H and O–H groups in total. The van der Waals surface area contributed by atoms with Gasteiger partial charge in [-0.15, -0.1) is 0 Å². The van der Waals surface area contributed by atoms with Crippen LogP contribution < -0.4 is 9.62 Å². The van der Waals surface area contributed by atoms with Gasteiger partial charge in [-0.1, -0.05) is 12.1 Å². The predicted octanol–water partition coefficient (Wildman–Crippen LogP) is 5.14. The van der Waals surface area contributed by atoms with Crippen LogP contribution in [0.2, 0.25) is 0 Å². The summed E-state index contributed by atoms with van der Waals surface area (Å²) < 4.78 is 125. The van der Waals surface area contributed by atoms with Crippen molar-refractivity contribution in [1.29, 1.82) is 0 Å². The molecule has 0 radical (unpaired) electrons. The lowest BCUT2D eigenvalue weighted by atomic mass is 9.87. The fourth-order valence-corrected chi connectivity index (χ4v) is 7.71. The largest absolute Gasteiger partial charge is 0.430 e. The maximum Gasteiger partial charge on any atom is 0.430 e. The molecule has 1 amide bonds. The van der Waals surface area contributed by atoms with Crippen LogP contribution in [-0.2, 0) is 26.8 Å². The van der Waals surface area contributed by atoms with Crippen LogP contribution >= 0.6 is 0 Å². The molecular formula is C28H27F7N4O4S. The summed E-state index contributed by atoms with van der Waals surface area (Å²) in [6, 6.07) is 3.85. The van der Waals surface area contributed by atoms with E-state index in [1.807, 2.05) is 4.57 Å². The zero-order valence-corrected chi connectivity index (χ0v) is 23.6. The van der Waals surface area contributed by atoms with Crippen LogP contribution in [0.5, 0.6) is 0 Å². The third kappa shape index (κ3) is 5.64. The van der Waals surface area contributed by atoms with Gasteiger partial charge >= 0.3 is 12.4 Å². The predicted molar refractivity (Wildman–Crippen MR) is 142 cm³/mol. The second-order valence-corrected chi connectivity index (χ2v) is 12.7. The number of sulfonamides is 1. The number of nitrogens with zero attached hydrogens (tertiary/aromatic N) is 3. The van der Waals surface area contributed by atoms with Gasteiger partial charge in [0.2, 0.25) is 5.91 Å². The van der Waals surface area contributed by atoms with E-state index in [1.165, 1.54) is 0 Å². The molecule has 3 atom stereocenters. The average molecular weight is 649 g/mol. The first-order chi connectivity index (χ1) is 20.5. The molecule has 1 aliphatic carbocycles. The molecule has 1 saturated carbocycles. The lowest BCUT2D eigenvalue weighted by Gasteiger charge is -2.39. The quantitative estimate of drug-likeness (QED) is 0.346. The van der Waals surface area contributed by atoms with Crippen molar-refractivity contribution in [3.8, 4) is 0 Å². The summed E-state index contributed by atoms with van der Waals surface area (Å²) in [6.45, 7) is 0. The van der Waals surface area contributed by atoms with E-state index < -0.39 is 56.2 Å². The molecule has 1 aromatic heterocycles. The number of anilines is 1. The Hall–Kier alpha value is -3.66. The maximum atomic E-state index is 13.9. The van der Waals surface area contributed by atoms with Crippen LogP contribution in [0.1, 0.15) is 49.3 Å². The molecule has 8 nitrogen and oxygen atoms in total. The number of benzene rings is 2. The highest BCUT2D eigenvalue weighted by molar-refractivity contribution is 7.92. The molecule has 2 heterocycles. The second-order valence-electron chi connectivity index (χ2n) is 10.9. The lowest BCUT2D eigenvalue weighted by Crippen LogP contribution is -2.54. The number of hydrogen-bond acceptors (Lipinski definition) is 5. The molecule has 1 fully saturated rings. The number of imidazole rings is 1. The number of aliphatic hydroxyl groups is 1. The van der Waals surface area contributed by atoms with Gasteiger partial charge in [0, 0.05) is 30.4 Å². The highest BCUT2D eigenvalue weighted by Gasteiger charge is 2.71. The molecule has 0 saturated heterocycles. The van der Waals surface area contributed by atoms with Gasteiger partial charge in [-0.05, 0) is 68.0 Å². The Kier molecular flexibility index (Phi) is 8.20. The van der Waals surface area contributed by atoms with Gasteiger partial charge in [0.1, 0.15) is 5.82 Å². The molecule has 0 unspecified atom stereocenters. The number of aromatic nitrogens is 2. The number of fused-ring (bicyclic) bond motifs is 1. The summed E-state index contributed by atoms with van der Waals surface area (Å²) in [7, 11) is -4.60. The Morgan fingerprint density at radius 1 is 1.00 bits per heavy atom. The van der Waals surface area contributed by atoms with Crippen molar-refractivity contribution in [2.45, 2.75) is 79.5 Å². The second kappa shape index (κ2) is 11.4. The highest BCUT2D eigenvalue weighted by Crippen LogP contribution is 2.51. The Balaban J connectivity index is 1.50. The fraction of sp³-hybridized carbons (Fsp3) is 0.429. The summed E-state index contributed by atoms with van der Waals surface area (Å²) in [6.07, 6.45) is -5.74. The number of rotatable bonds is 7. The number of carbonyl (C=O) groups is 1. The zero-order chi connectivity index (χ0) is 32.1. The first-order valence-corrected chi connectivity index (χ1v) is 15.0. The molecule has 16 heteroatoms. The van der Waals surface area contributed by atoms with E-state index in [4.69, 9.17) is 0 Å². The first kappa shape index (κ1) is 31.8. The van der Waals surface area contributed by atoms with E-state index >= 15 is 0 Å². The van der Waals surface area contributed by atoms with Crippen LogP contribution in [-0.4, -0.2) is 53.4 Å². The van der Waals surface area contributed by atoms with Gasteiger partial charge in [0.25, 0.3) is 15.6 Å². The number of alkyl halides is 6. The van der Waals surface area contributed by atoms with E-state index in [0.717, 1.165) is 47.5 Å². The summed E-state index contributed by atoms with van der Waals surface area (Å²) in [4.78, 5) is 16.9. The number of carbonyl (C=O) groups excluding carboxylic acids is 1. The van der Waals surface area contributed by atoms with E-state index in [-0.39, 0.29) is 42.6 Å². The number of hydrogen-bond donors (Lipinski definition) is 2. The standard InChI is InChI=1S/C28H27F7N4O4S/c29-19-6-9-21(10-7-19)44(42,43)39-20(15-25(40)37-22-2-1-3-24(22)38-13-12-36-16-38)8-4-17-14-18(5-11-23(17)39)26(41,27(30,31)32)28(33,34)35/h5-7,9-14,16,20,22,24,41H,1-4,8,15H2,(H,37,40)/t20-,22-,24+/m0/s1. The van der Waals surface area contributed by atoms with Crippen LogP contribution in [0.25, 0.3) is 0 Å². The fourth-order valence-electron chi connectivity index (χ4n) is 5.99. The van der Waals surface area contributed by atoms with Crippen molar-refractivity contribution in [1.82, 2.24) is 14.9 Å². The maximum absolute atomic E-state index is 13.9. The Morgan fingerprint density at radius 2 is 1.68 bits per heavy atom. The molecule has 1 aliphatic heterocycles. The minimum Gasteiger partial charge on any atom is -0.369 e. The van der Waals surface area contributed by atoms with E-state index in [1.54, 1.807) is 18.7 Å². The van der Waals surface area contributed by atoms with Crippen molar-refractivity contribution < 1.29 is 49.1 Å². The summed E-state index contributed by atoms with van der Waals surface area (Å²) in [5.41, 5.74) is -7.21. The minimum atomic E-state index is -6.14. The van der Waals surface area contributed by atoms with Crippen molar-refractivity contribution >= 4 is 21.6 Å². The van der Waals surface area contributed by atoms with Gasteiger partial charge in [-0.25, -0.2) is 17.8 Å². The number of aryl methyl sites for hydroxylation is 1. The van der Waals surface area contributed by atoms with Crippen LogP contribution in [0.4, 0.5) is 36.4 Å². The van der Waals surface area contributed by atoms with Gasteiger partial charge in [-0.3, -0.25) is 9.10 Å². The minimum absolute atomic E-state index is 0.0768. The van der Waals surface area contributed by atoms with E-state index in [2.05, 4.69) is 10.3 Å². The lowest BCUT2D eigenvalue weighted by molar-refractivity contribution is -0.376. The number of halogens is 7. The monoisotopic (exact) mass is 648 g/mol. The van der Waals surface area contributed by atoms with Crippen LogP contribution in [0.3, 0.4) is 0 Å². The van der Waals surface area contributed by atoms with Crippen molar-refractivity contribution in [3.63, 3.8) is 0 Å². The van der Waals surface area contributed by atoms with Crippen molar-refractivity contribution in [2.75, 3.05) is 4.31 Å².